The number of fused-ring (bicyclic) bond motifs is 5. The van der Waals surface area contributed by atoms with E-state index in [0.717, 1.165) is 17.2 Å². The highest BCUT2D eigenvalue weighted by Crippen LogP contribution is 2.45. The van der Waals surface area contributed by atoms with Crippen molar-refractivity contribution in [2.75, 3.05) is 19.8 Å². The predicted molar refractivity (Wildman–Crippen MR) is 107 cm³/mol. The van der Waals surface area contributed by atoms with Gasteiger partial charge in [0.25, 0.3) is 0 Å². The topological polar surface area (TPSA) is 94.6 Å². The highest BCUT2D eigenvalue weighted by atomic mass is 19.1. The number of ether oxygens (including phenoxy) is 1. The third-order valence-corrected chi connectivity index (χ3v) is 5.54. The normalized spacial score (nSPS) is 15.1. The molecule has 1 aliphatic carbocycles. The van der Waals surface area contributed by atoms with Crippen LogP contribution in [0.5, 0.6) is 0 Å². The second-order valence-corrected chi connectivity index (χ2v) is 7.56. The van der Waals surface area contributed by atoms with E-state index in [0.29, 0.717) is 29.5 Å². The first-order valence-corrected chi connectivity index (χ1v) is 9.85. The van der Waals surface area contributed by atoms with Gasteiger partial charge in [0.1, 0.15) is 17.5 Å². The van der Waals surface area contributed by atoms with E-state index >= 15 is 0 Å². The fourth-order valence-electron chi connectivity index (χ4n) is 4.12. The lowest BCUT2D eigenvalue weighted by molar-refractivity contribution is 0.119. The molecule has 0 fully saturated rings. The summed E-state index contributed by atoms with van der Waals surface area (Å²) in [6, 6.07) is 5.57. The third kappa shape index (κ3) is 4.11. The first-order chi connectivity index (χ1) is 14.9. The maximum Gasteiger partial charge on any atom is 0.407 e. The molecule has 9 heteroatoms. The van der Waals surface area contributed by atoms with Gasteiger partial charge in [0, 0.05) is 17.0 Å². The Labute approximate surface area is 175 Å². The van der Waals surface area contributed by atoms with Gasteiger partial charge in [0.05, 0.1) is 37.1 Å². The zero-order valence-electron chi connectivity index (χ0n) is 16.4. The van der Waals surface area contributed by atoms with E-state index in [4.69, 9.17) is 14.9 Å². The van der Waals surface area contributed by atoms with E-state index in [1.54, 1.807) is 6.07 Å². The molecular formula is C22H21F3N2O4. The average molecular weight is 434 g/mol. The molecule has 1 aromatic heterocycles. The summed E-state index contributed by atoms with van der Waals surface area (Å²) in [5.41, 5.74) is 2.89. The van der Waals surface area contributed by atoms with Crippen molar-refractivity contribution in [3.63, 3.8) is 0 Å². The molecule has 4 rings (SSSR count). The standard InChI is InChI=1S/C22H21F3N2O4/c23-13-1-2-16-12(6-13)5-11(3-4-31-22(30)26-15(9-28)10-29)19-17-7-14(24)8-18(25)20(17)27-21(16)19/h1-2,6-8,11,15,27-29H,3-5,9-10H2,(H,26,30)/t11-/m1/s1. The summed E-state index contributed by atoms with van der Waals surface area (Å²) in [6.07, 6.45) is -0.0669. The number of halogens is 3. The van der Waals surface area contributed by atoms with Crippen LogP contribution in [0.1, 0.15) is 23.5 Å². The summed E-state index contributed by atoms with van der Waals surface area (Å²) in [5, 5.41) is 20.8. The van der Waals surface area contributed by atoms with Crippen LogP contribution in [-0.2, 0) is 11.2 Å². The maximum atomic E-state index is 14.4. The summed E-state index contributed by atoms with van der Waals surface area (Å²) >= 11 is 0. The lowest BCUT2D eigenvalue weighted by Gasteiger charge is -2.26. The summed E-state index contributed by atoms with van der Waals surface area (Å²) in [5.74, 6) is -2.10. The number of H-pyrrole nitrogens is 1. The minimum atomic E-state index is -0.830. The van der Waals surface area contributed by atoms with Gasteiger partial charge in [-0.3, -0.25) is 0 Å². The molecule has 0 saturated heterocycles. The van der Waals surface area contributed by atoms with Crippen LogP contribution in [0.3, 0.4) is 0 Å². The molecule has 1 heterocycles. The molecule has 1 atom stereocenters. The van der Waals surface area contributed by atoms with Crippen LogP contribution in [0.25, 0.3) is 22.2 Å². The van der Waals surface area contributed by atoms with Gasteiger partial charge < -0.3 is 25.3 Å². The van der Waals surface area contributed by atoms with E-state index in [2.05, 4.69) is 10.3 Å². The first-order valence-electron chi connectivity index (χ1n) is 9.85. The van der Waals surface area contributed by atoms with Crippen molar-refractivity contribution in [3.8, 4) is 11.3 Å². The quantitative estimate of drug-likeness (QED) is 0.479. The number of carbonyl (C=O) groups excluding carboxylic acids is 1. The highest BCUT2D eigenvalue weighted by Gasteiger charge is 2.30. The van der Waals surface area contributed by atoms with Crippen molar-refractivity contribution < 1.29 is 32.9 Å². The average Bonchev–Trinajstić information content (AvgIpc) is 3.12. The zero-order chi connectivity index (χ0) is 22.1. The Morgan fingerprint density at radius 1 is 1.16 bits per heavy atom. The van der Waals surface area contributed by atoms with Crippen LogP contribution in [-0.4, -0.2) is 47.2 Å². The van der Waals surface area contributed by atoms with Gasteiger partial charge >= 0.3 is 6.09 Å². The molecule has 0 aliphatic heterocycles. The lowest BCUT2D eigenvalue weighted by atomic mass is 9.79. The summed E-state index contributed by atoms with van der Waals surface area (Å²) in [7, 11) is 0. The summed E-state index contributed by atoms with van der Waals surface area (Å²) in [4.78, 5) is 14.9. The molecule has 6 nitrogen and oxygen atoms in total. The number of benzene rings is 2. The van der Waals surface area contributed by atoms with E-state index in [1.165, 1.54) is 18.2 Å². The Morgan fingerprint density at radius 2 is 1.94 bits per heavy atom. The Morgan fingerprint density at radius 3 is 2.68 bits per heavy atom. The zero-order valence-corrected chi connectivity index (χ0v) is 16.4. The van der Waals surface area contributed by atoms with Crippen molar-refractivity contribution in [3.05, 3.63) is 58.9 Å². The second kappa shape index (κ2) is 8.60. The molecular weight excluding hydrogens is 413 g/mol. The van der Waals surface area contributed by atoms with Crippen molar-refractivity contribution in [1.82, 2.24) is 10.3 Å². The van der Waals surface area contributed by atoms with Gasteiger partial charge in [-0.25, -0.2) is 18.0 Å². The van der Waals surface area contributed by atoms with Gasteiger partial charge in [0.15, 0.2) is 0 Å². The third-order valence-electron chi connectivity index (χ3n) is 5.54. The molecule has 3 aromatic rings. The number of rotatable bonds is 6. The molecule has 4 N–H and O–H groups in total. The monoisotopic (exact) mass is 434 g/mol. The van der Waals surface area contributed by atoms with Crippen LogP contribution in [0.4, 0.5) is 18.0 Å². The molecule has 164 valence electrons. The number of aliphatic hydroxyl groups is 2. The summed E-state index contributed by atoms with van der Waals surface area (Å²) < 4.78 is 47.3. The van der Waals surface area contributed by atoms with Crippen LogP contribution in [0, 0.1) is 17.5 Å². The number of aliphatic hydroxyl groups excluding tert-OH is 2. The number of nitrogens with one attached hydrogen (secondary N) is 2. The number of aromatic amines is 1. The van der Waals surface area contributed by atoms with Crippen molar-refractivity contribution in [1.29, 1.82) is 0 Å². The van der Waals surface area contributed by atoms with Crippen molar-refractivity contribution in [2.45, 2.75) is 24.8 Å². The minimum absolute atomic E-state index is 0.0192. The van der Waals surface area contributed by atoms with Crippen LogP contribution in [0.15, 0.2) is 30.3 Å². The van der Waals surface area contributed by atoms with E-state index < -0.39 is 42.8 Å². The second-order valence-electron chi connectivity index (χ2n) is 7.56. The molecule has 1 amide bonds. The Bertz CT molecular complexity index is 1130. The Balaban J connectivity index is 1.63. The number of hydrogen-bond acceptors (Lipinski definition) is 4. The van der Waals surface area contributed by atoms with E-state index in [9.17, 15) is 18.0 Å². The molecule has 0 bridgehead atoms. The number of hydrogen-bond donors (Lipinski definition) is 4. The SMILES string of the molecule is O=C(NC(CO)CO)OCC[C@@H]1Cc2cc(F)ccc2-c2[nH]c3c(F)cc(F)cc3c21. The number of aromatic nitrogens is 1. The first kappa shape index (κ1) is 21.2. The van der Waals surface area contributed by atoms with Gasteiger partial charge in [-0.1, -0.05) is 0 Å². The number of alkyl carbamates (subject to hydrolysis) is 1. The largest absolute Gasteiger partial charge is 0.450 e. The minimum Gasteiger partial charge on any atom is -0.450 e. The molecule has 0 unspecified atom stereocenters. The summed E-state index contributed by atoms with van der Waals surface area (Å²) in [6.45, 7) is -0.895. The fraction of sp³-hybridized carbons (Fsp3) is 0.318. The van der Waals surface area contributed by atoms with Crippen molar-refractivity contribution in [2.24, 2.45) is 0 Å². The Hall–Kier alpha value is -3.04. The van der Waals surface area contributed by atoms with Gasteiger partial charge in [0.2, 0.25) is 0 Å². The molecule has 31 heavy (non-hydrogen) atoms. The number of amides is 1. The van der Waals surface area contributed by atoms with E-state index in [-0.39, 0.29) is 18.0 Å². The van der Waals surface area contributed by atoms with Crippen molar-refractivity contribution >= 4 is 17.0 Å². The highest BCUT2D eigenvalue weighted by molar-refractivity contribution is 5.93. The fourth-order valence-corrected chi connectivity index (χ4v) is 4.12. The Kier molecular flexibility index (Phi) is 5.88. The molecule has 0 radical (unpaired) electrons. The molecule has 1 aliphatic rings. The molecule has 0 spiro atoms. The van der Waals surface area contributed by atoms with Crippen LogP contribution >= 0.6 is 0 Å². The van der Waals surface area contributed by atoms with Crippen LogP contribution < -0.4 is 5.32 Å². The molecule has 0 saturated carbocycles. The van der Waals surface area contributed by atoms with E-state index in [1.807, 2.05) is 0 Å². The van der Waals surface area contributed by atoms with Gasteiger partial charge in [-0.2, -0.15) is 0 Å². The number of carbonyl (C=O) groups is 1. The van der Waals surface area contributed by atoms with Gasteiger partial charge in [-0.15, -0.1) is 0 Å². The maximum absolute atomic E-state index is 14.4. The smallest absolute Gasteiger partial charge is 0.407 e. The predicted octanol–water partition coefficient (Wildman–Crippen LogP) is 3.36. The van der Waals surface area contributed by atoms with Crippen LogP contribution in [0.2, 0.25) is 0 Å². The molecule has 2 aromatic carbocycles. The lowest BCUT2D eigenvalue weighted by Crippen LogP contribution is -2.40. The van der Waals surface area contributed by atoms with Gasteiger partial charge in [-0.05, 0) is 54.2 Å².